The first kappa shape index (κ1) is 13.0. The molecule has 17 heavy (non-hydrogen) atoms. The van der Waals surface area contributed by atoms with Gasteiger partial charge in [-0.2, -0.15) is 0 Å². The number of nitrogens with zero attached hydrogens (tertiary/aromatic N) is 2. The number of rotatable bonds is 3. The Hall–Kier alpha value is -2.06. The summed E-state index contributed by atoms with van der Waals surface area (Å²) in [5.74, 6) is -1.10. The largest absolute Gasteiger partial charge is 0.573 e. The summed E-state index contributed by atoms with van der Waals surface area (Å²) in [4.78, 5) is 13.2. The lowest BCUT2D eigenvalue weighted by atomic mass is 10.2. The smallest absolute Gasteiger partial charge is 0.476 e. The molecule has 1 rings (SSSR count). The molecule has 0 spiro atoms. The Bertz CT molecular complexity index is 447. The average Bonchev–Trinajstić information content (AvgIpc) is 2.18. The summed E-state index contributed by atoms with van der Waals surface area (Å²) in [5.41, 5.74) is -0.964. The molecule has 9 heteroatoms. The molecule has 94 valence electrons. The van der Waals surface area contributed by atoms with Crippen LogP contribution in [0.3, 0.4) is 0 Å². The zero-order valence-corrected chi connectivity index (χ0v) is 8.74. The predicted molar refractivity (Wildman–Crippen MR) is 48.9 cm³/mol. The van der Waals surface area contributed by atoms with Gasteiger partial charge in [-0.1, -0.05) is 0 Å². The van der Waals surface area contributed by atoms with E-state index in [0.717, 1.165) is 14.0 Å². The van der Waals surface area contributed by atoms with Crippen LogP contribution in [0.1, 0.15) is 5.56 Å². The van der Waals surface area contributed by atoms with Crippen LogP contribution >= 0.6 is 0 Å². The van der Waals surface area contributed by atoms with Crippen molar-refractivity contribution in [3.63, 3.8) is 0 Å². The molecule has 0 bridgehead atoms. The lowest BCUT2D eigenvalue weighted by Crippen LogP contribution is -2.18. The van der Waals surface area contributed by atoms with Crippen LogP contribution in [0.4, 0.5) is 18.9 Å². The van der Waals surface area contributed by atoms with Crippen LogP contribution in [0.25, 0.3) is 0 Å². The number of halogens is 3. The molecule has 6 nitrogen and oxygen atoms in total. The van der Waals surface area contributed by atoms with Crippen LogP contribution < -0.4 is 9.47 Å². The van der Waals surface area contributed by atoms with E-state index in [4.69, 9.17) is 0 Å². The third kappa shape index (κ3) is 2.95. The van der Waals surface area contributed by atoms with Crippen molar-refractivity contribution in [3.05, 3.63) is 21.9 Å². The molecular formula is C8H7F3N2O4. The lowest BCUT2D eigenvalue weighted by molar-refractivity contribution is -0.386. The fourth-order valence-electron chi connectivity index (χ4n) is 1.14. The van der Waals surface area contributed by atoms with Gasteiger partial charge in [0.05, 0.1) is 23.8 Å². The third-order valence-corrected chi connectivity index (χ3v) is 1.83. The Balaban J connectivity index is 3.28. The van der Waals surface area contributed by atoms with E-state index in [0.29, 0.717) is 6.20 Å². The van der Waals surface area contributed by atoms with Crippen molar-refractivity contribution in [2.24, 2.45) is 0 Å². The van der Waals surface area contributed by atoms with Crippen LogP contribution in [-0.4, -0.2) is 23.4 Å². The number of hydrogen-bond acceptors (Lipinski definition) is 5. The second-order valence-corrected chi connectivity index (χ2v) is 2.91. The van der Waals surface area contributed by atoms with E-state index in [2.05, 4.69) is 14.5 Å². The minimum atomic E-state index is -4.94. The van der Waals surface area contributed by atoms with Gasteiger partial charge in [0.1, 0.15) is 0 Å². The fourth-order valence-corrected chi connectivity index (χ4v) is 1.14. The summed E-state index contributed by atoms with van der Waals surface area (Å²) in [7, 11) is 1.12. The maximum atomic E-state index is 12.0. The maximum Gasteiger partial charge on any atom is 0.573 e. The van der Waals surface area contributed by atoms with Gasteiger partial charge < -0.3 is 9.47 Å². The number of nitro groups is 1. The average molecular weight is 252 g/mol. The number of ether oxygens (including phenoxy) is 2. The molecule has 0 radical (unpaired) electrons. The summed E-state index contributed by atoms with van der Waals surface area (Å²) in [5, 5.41) is 10.7. The molecule has 0 saturated heterocycles. The van der Waals surface area contributed by atoms with Gasteiger partial charge in [-0.15, -0.1) is 13.2 Å². The van der Waals surface area contributed by atoms with Gasteiger partial charge in [0.25, 0.3) is 5.88 Å². The number of aromatic nitrogens is 1. The van der Waals surface area contributed by atoms with E-state index in [1.54, 1.807) is 0 Å². The van der Waals surface area contributed by atoms with Crippen LogP contribution in [0, 0.1) is 17.0 Å². The van der Waals surface area contributed by atoms with Crippen molar-refractivity contribution < 1.29 is 27.6 Å². The zero-order chi connectivity index (χ0) is 13.2. The van der Waals surface area contributed by atoms with Crippen molar-refractivity contribution in [1.29, 1.82) is 0 Å². The molecule has 0 fully saturated rings. The van der Waals surface area contributed by atoms with E-state index < -0.39 is 22.7 Å². The van der Waals surface area contributed by atoms with Crippen LogP contribution in [-0.2, 0) is 0 Å². The number of pyridine rings is 1. The monoisotopic (exact) mass is 252 g/mol. The van der Waals surface area contributed by atoms with Crippen molar-refractivity contribution in [2.75, 3.05) is 7.11 Å². The SMILES string of the molecule is COc1ncc(OC(F)(F)F)c(C)c1[N+](=O)[O-]. The summed E-state index contributed by atoms with van der Waals surface area (Å²) in [6.45, 7) is 1.11. The van der Waals surface area contributed by atoms with E-state index in [1.807, 2.05) is 0 Å². The zero-order valence-electron chi connectivity index (χ0n) is 8.74. The van der Waals surface area contributed by atoms with Crippen LogP contribution in [0.5, 0.6) is 11.6 Å². The molecule has 0 aliphatic rings. The van der Waals surface area contributed by atoms with Gasteiger partial charge in [-0.05, 0) is 6.92 Å². The Morgan fingerprint density at radius 3 is 2.47 bits per heavy atom. The van der Waals surface area contributed by atoms with Crippen molar-refractivity contribution in [3.8, 4) is 11.6 Å². The van der Waals surface area contributed by atoms with E-state index in [9.17, 15) is 23.3 Å². The normalized spacial score (nSPS) is 11.1. The second kappa shape index (κ2) is 4.44. The molecule has 0 aliphatic carbocycles. The molecule has 1 aromatic heterocycles. The minimum Gasteiger partial charge on any atom is -0.476 e. The highest BCUT2D eigenvalue weighted by Gasteiger charge is 2.34. The van der Waals surface area contributed by atoms with Crippen molar-refractivity contribution in [2.45, 2.75) is 13.3 Å². The quantitative estimate of drug-likeness (QED) is 0.609. The number of alkyl halides is 3. The summed E-state index contributed by atoms with van der Waals surface area (Å²) in [6.07, 6.45) is -4.22. The maximum absolute atomic E-state index is 12.0. The molecule has 0 aliphatic heterocycles. The minimum absolute atomic E-state index is 0.306. The highest BCUT2D eigenvalue weighted by Crippen LogP contribution is 2.36. The molecule has 0 aromatic carbocycles. The molecule has 0 N–H and O–H groups in total. The van der Waals surface area contributed by atoms with E-state index >= 15 is 0 Å². The molecule has 1 heterocycles. The van der Waals surface area contributed by atoms with Crippen LogP contribution in [0.15, 0.2) is 6.20 Å². The van der Waals surface area contributed by atoms with Gasteiger partial charge in [-0.3, -0.25) is 10.1 Å². The van der Waals surface area contributed by atoms with Gasteiger partial charge in [0, 0.05) is 0 Å². The predicted octanol–water partition coefficient (Wildman–Crippen LogP) is 2.21. The fraction of sp³-hybridized carbons (Fsp3) is 0.375. The summed E-state index contributed by atoms with van der Waals surface area (Å²) < 4.78 is 44.1. The first-order valence-electron chi connectivity index (χ1n) is 4.20. The molecule has 0 amide bonds. The number of hydrogen-bond donors (Lipinski definition) is 0. The van der Waals surface area contributed by atoms with Crippen molar-refractivity contribution >= 4 is 5.69 Å². The van der Waals surface area contributed by atoms with Crippen molar-refractivity contribution in [1.82, 2.24) is 4.98 Å². The first-order valence-corrected chi connectivity index (χ1v) is 4.20. The lowest BCUT2D eigenvalue weighted by Gasteiger charge is -2.11. The summed E-state index contributed by atoms with van der Waals surface area (Å²) >= 11 is 0. The topological polar surface area (TPSA) is 74.5 Å². The molecular weight excluding hydrogens is 245 g/mol. The molecule has 0 atom stereocenters. The molecule has 0 saturated carbocycles. The highest BCUT2D eigenvalue weighted by atomic mass is 19.4. The standard InChI is InChI=1S/C8H7F3N2O4/c1-4-5(17-8(9,10)11)3-12-7(16-2)6(4)13(14)15/h3H,1-2H3. The van der Waals surface area contributed by atoms with E-state index in [-0.39, 0.29) is 11.4 Å². The first-order chi connectivity index (χ1) is 7.76. The van der Waals surface area contributed by atoms with Crippen LogP contribution in [0.2, 0.25) is 0 Å². The second-order valence-electron chi connectivity index (χ2n) is 2.91. The van der Waals surface area contributed by atoms with Gasteiger partial charge in [0.15, 0.2) is 5.75 Å². The molecule has 0 unspecified atom stereocenters. The highest BCUT2D eigenvalue weighted by molar-refractivity contribution is 5.53. The van der Waals surface area contributed by atoms with Gasteiger partial charge in [0.2, 0.25) is 0 Å². The Morgan fingerprint density at radius 2 is 2.06 bits per heavy atom. The Labute approximate surface area is 93.1 Å². The Kier molecular flexibility index (Phi) is 3.39. The summed E-state index contributed by atoms with van der Waals surface area (Å²) in [6, 6.07) is 0. The Morgan fingerprint density at radius 1 is 1.47 bits per heavy atom. The van der Waals surface area contributed by atoms with Gasteiger partial charge in [-0.25, -0.2) is 4.98 Å². The third-order valence-electron chi connectivity index (χ3n) is 1.83. The van der Waals surface area contributed by atoms with E-state index in [1.165, 1.54) is 0 Å². The van der Waals surface area contributed by atoms with Gasteiger partial charge >= 0.3 is 12.0 Å². The molecule has 1 aromatic rings. The number of methoxy groups -OCH3 is 1.